The van der Waals surface area contributed by atoms with Gasteiger partial charge < -0.3 is 10.1 Å². The molecule has 1 N–H and O–H groups in total. The van der Waals surface area contributed by atoms with E-state index < -0.39 is 0 Å². The molecule has 2 aromatic rings. The van der Waals surface area contributed by atoms with Gasteiger partial charge in [-0.3, -0.25) is 4.98 Å². The summed E-state index contributed by atoms with van der Waals surface area (Å²) in [6.45, 7) is 5.89. The molecule has 0 radical (unpaired) electrons. The van der Waals surface area contributed by atoms with E-state index >= 15 is 0 Å². The maximum Gasteiger partial charge on any atom is 0.124 e. The SMILES string of the molecule is CCNC(C)c1ccccc1OCCc1cccnc1. The van der Waals surface area contributed by atoms with Gasteiger partial charge in [0, 0.05) is 30.4 Å². The molecule has 106 valence electrons. The molecule has 1 aromatic heterocycles. The summed E-state index contributed by atoms with van der Waals surface area (Å²) < 4.78 is 5.94. The molecule has 0 fully saturated rings. The van der Waals surface area contributed by atoms with Gasteiger partial charge in [-0.2, -0.15) is 0 Å². The van der Waals surface area contributed by atoms with Crippen molar-refractivity contribution in [2.24, 2.45) is 0 Å². The first-order valence-corrected chi connectivity index (χ1v) is 7.15. The second-order valence-electron chi connectivity index (χ2n) is 4.78. The summed E-state index contributed by atoms with van der Waals surface area (Å²) in [5.74, 6) is 0.963. The van der Waals surface area contributed by atoms with Crippen LogP contribution in [0.1, 0.15) is 31.0 Å². The van der Waals surface area contributed by atoms with Crippen LogP contribution in [-0.2, 0) is 6.42 Å². The third-order valence-electron chi connectivity index (χ3n) is 3.27. The number of nitrogens with zero attached hydrogens (tertiary/aromatic N) is 1. The minimum absolute atomic E-state index is 0.301. The standard InChI is InChI=1S/C17H22N2O/c1-3-19-14(2)16-8-4-5-9-17(16)20-12-10-15-7-6-11-18-13-15/h4-9,11,13-14,19H,3,10,12H2,1-2H3. The van der Waals surface area contributed by atoms with Crippen LogP contribution in [0.15, 0.2) is 48.8 Å². The van der Waals surface area contributed by atoms with Gasteiger partial charge in [-0.25, -0.2) is 0 Å². The average Bonchev–Trinajstić information content (AvgIpc) is 2.49. The maximum atomic E-state index is 5.94. The molecule has 0 aliphatic heterocycles. The fourth-order valence-electron chi connectivity index (χ4n) is 2.21. The van der Waals surface area contributed by atoms with E-state index in [1.165, 1.54) is 11.1 Å². The van der Waals surface area contributed by atoms with Gasteiger partial charge in [0.05, 0.1) is 6.61 Å². The minimum Gasteiger partial charge on any atom is -0.493 e. The molecule has 0 saturated carbocycles. The highest BCUT2D eigenvalue weighted by Crippen LogP contribution is 2.24. The Morgan fingerprint density at radius 1 is 1.20 bits per heavy atom. The fraction of sp³-hybridized carbons (Fsp3) is 0.353. The smallest absolute Gasteiger partial charge is 0.124 e. The van der Waals surface area contributed by atoms with Crippen molar-refractivity contribution in [3.05, 3.63) is 59.9 Å². The zero-order chi connectivity index (χ0) is 14.2. The van der Waals surface area contributed by atoms with Crippen LogP contribution in [0.4, 0.5) is 0 Å². The lowest BCUT2D eigenvalue weighted by atomic mass is 10.1. The number of aromatic nitrogens is 1. The largest absolute Gasteiger partial charge is 0.493 e. The Bertz CT molecular complexity index is 513. The van der Waals surface area contributed by atoms with Crippen molar-refractivity contribution < 1.29 is 4.74 Å². The van der Waals surface area contributed by atoms with Crippen LogP contribution < -0.4 is 10.1 Å². The van der Waals surface area contributed by atoms with Crippen LogP contribution in [-0.4, -0.2) is 18.1 Å². The maximum absolute atomic E-state index is 5.94. The number of nitrogens with one attached hydrogen (secondary N) is 1. The Kier molecular flexibility index (Phi) is 5.56. The Morgan fingerprint density at radius 3 is 2.80 bits per heavy atom. The summed E-state index contributed by atoms with van der Waals surface area (Å²) >= 11 is 0. The van der Waals surface area contributed by atoms with E-state index in [9.17, 15) is 0 Å². The van der Waals surface area contributed by atoms with Gasteiger partial charge >= 0.3 is 0 Å². The molecule has 20 heavy (non-hydrogen) atoms. The molecule has 0 amide bonds. The van der Waals surface area contributed by atoms with E-state index in [-0.39, 0.29) is 0 Å². The lowest BCUT2D eigenvalue weighted by Crippen LogP contribution is -2.18. The van der Waals surface area contributed by atoms with E-state index in [1.54, 1.807) is 6.20 Å². The normalized spacial score (nSPS) is 12.1. The average molecular weight is 270 g/mol. The summed E-state index contributed by atoms with van der Waals surface area (Å²) in [6.07, 6.45) is 4.55. The first-order chi connectivity index (χ1) is 9.81. The Morgan fingerprint density at radius 2 is 2.05 bits per heavy atom. The first-order valence-electron chi connectivity index (χ1n) is 7.15. The van der Waals surface area contributed by atoms with E-state index in [2.05, 4.69) is 42.3 Å². The summed E-state index contributed by atoms with van der Waals surface area (Å²) in [4.78, 5) is 4.11. The molecule has 0 aliphatic rings. The van der Waals surface area contributed by atoms with E-state index in [1.807, 2.05) is 24.4 Å². The Balaban J connectivity index is 1.95. The number of rotatable bonds is 7. The highest BCUT2D eigenvalue weighted by atomic mass is 16.5. The van der Waals surface area contributed by atoms with Crippen molar-refractivity contribution >= 4 is 0 Å². The lowest BCUT2D eigenvalue weighted by Gasteiger charge is -2.17. The van der Waals surface area contributed by atoms with Crippen LogP contribution >= 0.6 is 0 Å². The molecule has 0 aliphatic carbocycles. The van der Waals surface area contributed by atoms with Gasteiger partial charge in [0.25, 0.3) is 0 Å². The number of hydrogen-bond donors (Lipinski definition) is 1. The highest BCUT2D eigenvalue weighted by molar-refractivity contribution is 5.35. The topological polar surface area (TPSA) is 34.1 Å². The van der Waals surface area contributed by atoms with Gasteiger partial charge in [-0.15, -0.1) is 0 Å². The van der Waals surface area contributed by atoms with Gasteiger partial charge in [0.1, 0.15) is 5.75 Å². The molecule has 1 unspecified atom stereocenters. The number of pyridine rings is 1. The quantitative estimate of drug-likeness (QED) is 0.837. The molecule has 1 atom stereocenters. The molecule has 3 heteroatoms. The summed E-state index contributed by atoms with van der Waals surface area (Å²) in [7, 11) is 0. The summed E-state index contributed by atoms with van der Waals surface area (Å²) in [5, 5.41) is 3.42. The van der Waals surface area contributed by atoms with E-state index in [4.69, 9.17) is 4.74 Å². The highest BCUT2D eigenvalue weighted by Gasteiger charge is 2.09. The third-order valence-corrected chi connectivity index (χ3v) is 3.27. The van der Waals surface area contributed by atoms with Gasteiger partial charge in [0.15, 0.2) is 0 Å². The van der Waals surface area contributed by atoms with Crippen molar-refractivity contribution in [2.75, 3.05) is 13.2 Å². The molecule has 0 saturated heterocycles. The molecule has 2 rings (SSSR count). The number of hydrogen-bond acceptors (Lipinski definition) is 3. The Labute approximate surface area is 121 Å². The van der Waals surface area contributed by atoms with Crippen LogP contribution in [0.2, 0.25) is 0 Å². The minimum atomic E-state index is 0.301. The Hall–Kier alpha value is -1.87. The zero-order valence-corrected chi connectivity index (χ0v) is 12.2. The molecule has 1 aromatic carbocycles. The second-order valence-corrected chi connectivity index (χ2v) is 4.78. The predicted octanol–water partition coefficient (Wildman–Crippen LogP) is 3.37. The number of ether oxygens (including phenoxy) is 1. The molecule has 0 bridgehead atoms. The van der Waals surface area contributed by atoms with E-state index in [0.29, 0.717) is 12.6 Å². The summed E-state index contributed by atoms with van der Waals surface area (Å²) in [5.41, 5.74) is 2.41. The van der Waals surface area contributed by atoms with Crippen LogP contribution in [0.3, 0.4) is 0 Å². The van der Waals surface area contributed by atoms with Gasteiger partial charge in [-0.05, 0) is 31.2 Å². The molecular formula is C17H22N2O. The zero-order valence-electron chi connectivity index (χ0n) is 12.2. The van der Waals surface area contributed by atoms with Crippen molar-refractivity contribution in [2.45, 2.75) is 26.3 Å². The van der Waals surface area contributed by atoms with Crippen LogP contribution in [0, 0.1) is 0 Å². The van der Waals surface area contributed by atoms with Crippen molar-refractivity contribution in [1.82, 2.24) is 10.3 Å². The fourth-order valence-corrected chi connectivity index (χ4v) is 2.21. The summed E-state index contributed by atoms with van der Waals surface area (Å²) in [6, 6.07) is 12.5. The molecule has 1 heterocycles. The van der Waals surface area contributed by atoms with Gasteiger partial charge in [-0.1, -0.05) is 31.2 Å². The van der Waals surface area contributed by atoms with Crippen LogP contribution in [0.25, 0.3) is 0 Å². The van der Waals surface area contributed by atoms with Crippen molar-refractivity contribution in [3.63, 3.8) is 0 Å². The predicted molar refractivity (Wildman–Crippen MR) is 82.0 cm³/mol. The monoisotopic (exact) mass is 270 g/mol. The van der Waals surface area contributed by atoms with Gasteiger partial charge in [0.2, 0.25) is 0 Å². The lowest BCUT2D eigenvalue weighted by molar-refractivity contribution is 0.315. The third kappa shape index (κ3) is 4.07. The molecular weight excluding hydrogens is 248 g/mol. The van der Waals surface area contributed by atoms with Crippen molar-refractivity contribution in [1.29, 1.82) is 0 Å². The molecule has 0 spiro atoms. The molecule has 3 nitrogen and oxygen atoms in total. The second kappa shape index (κ2) is 7.65. The van der Waals surface area contributed by atoms with Crippen LogP contribution in [0.5, 0.6) is 5.75 Å². The van der Waals surface area contributed by atoms with E-state index in [0.717, 1.165) is 18.7 Å². The van der Waals surface area contributed by atoms with Crippen molar-refractivity contribution in [3.8, 4) is 5.75 Å². The first kappa shape index (κ1) is 14.5. The number of benzene rings is 1. The number of para-hydroxylation sites is 1.